The second-order valence-electron chi connectivity index (χ2n) is 19.6. The minimum atomic E-state index is -2.20. The molecule has 4 aromatic rings. The topological polar surface area (TPSA) is 175 Å². The van der Waals surface area contributed by atoms with Crippen LogP contribution in [-0.2, 0) is 43.2 Å². The number of urea groups is 1. The maximum Gasteiger partial charge on any atom is 0.355 e. The van der Waals surface area contributed by atoms with Crippen molar-refractivity contribution in [3.63, 3.8) is 0 Å². The Labute approximate surface area is 385 Å². The number of nitrogens with one attached hydrogen (secondary N) is 2. The van der Waals surface area contributed by atoms with Crippen LogP contribution in [0.2, 0.25) is 0 Å². The Kier molecular flexibility index (Phi) is 12.9. The molecule has 350 valence electrons. The number of likely N-dealkylation sites (N-methyl/N-ethyl adjacent to an activating group) is 2. The van der Waals surface area contributed by atoms with Crippen molar-refractivity contribution in [3.8, 4) is 22.5 Å². The van der Waals surface area contributed by atoms with Crippen LogP contribution in [-0.4, -0.2) is 141 Å². The summed E-state index contributed by atoms with van der Waals surface area (Å²) < 4.78 is 14.1. The monoisotopic (exact) mass is 911 g/mol. The van der Waals surface area contributed by atoms with Crippen molar-refractivity contribution in [2.24, 2.45) is 11.3 Å². The first-order valence-corrected chi connectivity index (χ1v) is 23.9. The summed E-state index contributed by atoms with van der Waals surface area (Å²) in [5.74, 6) is -2.22. The lowest BCUT2D eigenvalue weighted by Gasteiger charge is -2.43. The number of benzene rings is 1. The number of aromatic nitrogens is 3. The first kappa shape index (κ1) is 46.6. The van der Waals surface area contributed by atoms with E-state index in [2.05, 4.69) is 58.4 Å². The quantitative estimate of drug-likeness (QED) is 0.194. The van der Waals surface area contributed by atoms with Gasteiger partial charge in [0.25, 0.3) is 5.91 Å². The van der Waals surface area contributed by atoms with E-state index in [0.29, 0.717) is 37.5 Å². The molecule has 4 aliphatic rings. The van der Waals surface area contributed by atoms with Gasteiger partial charge in [-0.3, -0.25) is 24.5 Å². The van der Waals surface area contributed by atoms with Crippen LogP contribution in [0.4, 0.5) is 4.79 Å². The lowest BCUT2D eigenvalue weighted by atomic mass is 9.84. The van der Waals surface area contributed by atoms with E-state index in [0.717, 1.165) is 64.1 Å². The van der Waals surface area contributed by atoms with Gasteiger partial charge in [-0.1, -0.05) is 33.8 Å². The summed E-state index contributed by atoms with van der Waals surface area (Å²) in [6.45, 7) is 14.7. The number of nitrogens with zero attached hydrogens (tertiary/aromatic N) is 7. The average Bonchev–Trinajstić information content (AvgIpc) is 3.79. The highest BCUT2D eigenvalue weighted by Crippen LogP contribution is 2.44. The molecule has 1 aromatic carbocycles. The Morgan fingerprint density at radius 3 is 2.60 bits per heavy atom. The van der Waals surface area contributed by atoms with Crippen LogP contribution in [0.15, 0.2) is 41.9 Å². The number of fused-ring (bicyclic) bond motifs is 6. The van der Waals surface area contributed by atoms with Gasteiger partial charge >= 0.3 is 12.0 Å². The minimum absolute atomic E-state index is 0.00180. The Hall–Kier alpha value is -4.94. The highest BCUT2D eigenvalue weighted by atomic mass is 32.1. The fourth-order valence-corrected chi connectivity index (χ4v) is 10.9. The second kappa shape index (κ2) is 18.0. The van der Waals surface area contributed by atoms with Crippen LogP contribution in [0.5, 0.6) is 0 Å². The summed E-state index contributed by atoms with van der Waals surface area (Å²) in [5.41, 5.74) is 6.42. The van der Waals surface area contributed by atoms with Crippen molar-refractivity contribution in [3.05, 3.63) is 58.2 Å². The van der Waals surface area contributed by atoms with E-state index in [1.165, 1.54) is 21.2 Å². The van der Waals surface area contributed by atoms with Crippen LogP contribution < -0.4 is 10.7 Å². The molecule has 6 heterocycles. The number of ether oxygens (including phenoxy) is 2. The third kappa shape index (κ3) is 9.01. The largest absolute Gasteiger partial charge is 0.462 e. The van der Waals surface area contributed by atoms with Crippen LogP contribution in [0.1, 0.15) is 89.6 Å². The van der Waals surface area contributed by atoms with E-state index in [1.807, 2.05) is 51.0 Å². The highest BCUT2D eigenvalue weighted by molar-refractivity contribution is 7.10. The molecule has 1 saturated carbocycles. The van der Waals surface area contributed by atoms with Crippen molar-refractivity contribution < 1.29 is 33.8 Å². The zero-order chi connectivity index (χ0) is 46.6. The fraction of sp³-hybridized carbons (Fsp3) is 0.583. The van der Waals surface area contributed by atoms with Gasteiger partial charge in [0.2, 0.25) is 11.6 Å². The Balaban J connectivity index is 1.18. The van der Waals surface area contributed by atoms with Crippen molar-refractivity contribution >= 4 is 46.1 Å². The summed E-state index contributed by atoms with van der Waals surface area (Å²) in [6, 6.07) is 8.05. The van der Waals surface area contributed by atoms with Crippen LogP contribution >= 0.6 is 11.3 Å². The van der Waals surface area contributed by atoms with Gasteiger partial charge in [-0.05, 0) is 82.3 Å². The third-order valence-electron chi connectivity index (χ3n) is 14.0. The molecule has 3 N–H and O–H groups in total. The van der Waals surface area contributed by atoms with E-state index in [9.17, 15) is 24.3 Å². The van der Waals surface area contributed by atoms with Gasteiger partial charge in [0.15, 0.2) is 0 Å². The lowest BCUT2D eigenvalue weighted by molar-refractivity contribution is -0.189. The number of hydrogen-bond donors (Lipinski definition) is 3. The standard InChI is InChI=1S/C48H65N9O7S/c1-10-56-37-15-14-31-23-33(37)34(41(56)32-13-11-19-49-39(32)30(4)63-9)25-46(5,6)28-64-44(60)48(62)16-12-20-57(52-48)43(59)35(24-38-50-36(31)26-65-38)51-42(58)40(29(2)3)54(8)45(61)55-22-21-53(7)47(27-55)17-18-47/h11,13-15,19,23,26,29-30,35,40,52,62H,10,12,16-18,20-22,24-25,27-28H2,1-9H3,(H,51,58)/t30-,35-,40-,48-/m0/s1. The van der Waals surface area contributed by atoms with E-state index in [1.54, 1.807) is 20.4 Å². The number of aryl methyl sites for hydroxylation is 1. The molecule has 16 nitrogen and oxygen atoms in total. The molecule has 4 amide bonds. The summed E-state index contributed by atoms with van der Waals surface area (Å²) in [6.07, 6.45) is 4.41. The normalized spacial score (nSPS) is 23.3. The van der Waals surface area contributed by atoms with Gasteiger partial charge in [0, 0.05) is 104 Å². The number of aliphatic hydroxyl groups is 1. The molecule has 0 unspecified atom stereocenters. The summed E-state index contributed by atoms with van der Waals surface area (Å²) in [5, 5.41) is 19.7. The highest BCUT2D eigenvalue weighted by Gasteiger charge is 2.51. The predicted octanol–water partition coefficient (Wildman–Crippen LogP) is 5.38. The number of esters is 1. The molecular formula is C48H65N9O7S. The summed E-state index contributed by atoms with van der Waals surface area (Å²) in [7, 11) is 5.42. The summed E-state index contributed by atoms with van der Waals surface area (Å²) >= 11 is 1.39. The maximum absolute atomic E-state index is 14.7. The number of rotatable bonds is 8. The van der Waals surface area contributed by atoms with E-state index < -0.39 is 41.0 Å². The van der Waals surface area contributed by atoms with Gasteiger partial charge in [0.05, 0.1) is 34.8 Å². The fourth-order valence-electron chi connectivity index (χ4n) is 10.0. The number of carbonyl (C=O) groups is 4. The van der Waals surface area contributed by atoms with E-state index >= 15 is 0 Å². The van der Waals surface area contributed by atoms with Crippen LogP contribution in [0.3, 0.4) is 0 Å². The van der Waals surface area contributed by atoms with E-state index in [4.69, 9.17) is 19.4 Å². The van der Waals surface area contributed by atoms with Gasteiger partial charge in [-0.25, -0.2) is 14.6 Å². The zero-order valence-corrected chi connectivity index (χ0v) is 40.1. The number of pyridine rings is 1. The second-order valence-corrected chi connectivity index (χ2v) is 20.6. The molecule has 17 heteroatoms. The molecule has 2 saturated heterocycles. The van der Waals surface area contributed by atoms with Crippen LogP contribution in [0, 0.1) is 11.3 Å². The Bertz CT molecular complexity index is 2460. The number of methoxy groups -OCH3 is 1. The van der Waals surface area contributed by atoms with Crippen molar-refractivity contribution in [1.82, 2.24) is 45.0 Å². The molecule has 1 aliphatic carbocycles. The van der Waals surface area contributed by atoms with Gasteiger partial charge in [-0.2, -0.15) is 5.43 Å². The molecule has 8 rings (SSSR count). The molecule has 3 aliphatic heterocycles. The number of hydrogen-bond acceptors (Lipinski definition) is 12. The molecule has 0 radical (unpaired) electrons. The SMILES string of the molecule is CCn1c(-c2cccnc2[C@H](C)OC)c2c3cc(ccc31)-c1csc(n1)C[C@H](NC(=O)[C@H](C(C)C)N(C)C(=O)N1CCN(C)C3(CC3)C1)C(=O)N1CCC[C@@](O)(N1)C(=O)OCC(C)(C)C2. The molecule has 1 spiro atoms. The number of piperazine rings is 1. The molecule has 65 heavy (non-hydrogen) atoms. The van der Waals surface area contributed by atoms with Gasteiger partial charge in [-0.15, -0.1) is 11.3 Å². The van der Waals surface area contributed by atoms with Gasteiger partial charge < -0.3 is 34.3 Å². The number of cyclic esters (lactones) is 1. The first-order chi connectivity index (χ1) is 30.9. The van der Waals surface area contributed by atoms with Crippen LogP contribution in [0.25, 0.3) is 33.4 Å². The molecule has 6 bridgehead atoms. The van der Waals surface area contributed by atoms with Gasteiger partial charge in [0.1, 0.15) is 12.1 Å². The third-order valence-corrected chi connectivity index (χ3v) is 14.8. The number of thiazole rings is 1. The number of carbonyl (C=O) groups excluding carboxylic acids is 4. The van der Waals surface area contributed by atoms with Crippen molar-refractivity contribution in [2.75, 3.05) is 54.0 Å². The molecule has 4 atom stereocenters. The van der Waals surface area contributed by atoms with Crippen molar-refractivity contribution in [1.29, 1.82) is 0 Å². The average molecular weight is 912 g/mol. The number of amides is 4. The maximum atomic E-state index is 14.7. The Morgan fingerprint density at radius 1 is 1.12 bits per heavy atom. The Morgan fingerprint density at radius 2 is 1.89 bits per heavy atom. The smallest absolute Gasteiger partial charge is 0.355 e. The lowest BCUT2D eigenvalue weighted by Crippen LogP contribution is -2.67. The predicted molar refractivity (Wildman–Crippen MR) is 248 cm³/mol. The number of hydrazine groups is 1. The molecule has 3 fully saturated rings. The minimum Gasteiger partial charge on any atom is -0.462 e. The molecule has 3 aromatic heterocycles. The summed E-state index contributed by atoms with van der Waals surface area (Å²) in [4.78, 5) is 72.7. The first-order valence-electron chi connectivity index (χ1n) is 23.0. The zero-order valence-electron chi connectivity index (χ0n) is 39.3. The van der Waals surface area contributed by atoms with Crippen molar-refractivity contribution in [2.45, 2.75) is 116 Å². The molecular weight excluding hydrogens is 847 g/mol. The van der Waals surface area contributed by atoms with E-state index in [-0.39, 0.29) is 49.6 Å².